The van der Waals surface area contributed by atoms with Crippen molar-refractivity contribution in [1.82, 2.24) is 14.9 Å². The number of hydrogen-bond donors (Lipinski definition) is 3. The minimum atomic E-state index is -0.685. The Kier molecular flexibility index (Phi) is 9.95. The van der Waals surface area contributed by atoms with Crippen LogP contribution in [0.25, 0.3) is 5.69 Å². The molecule has 7 nitrogen and oxygen atoms in total. The zero-order valence-corrected chi connectivity index (χ0v) is 24.9. The minimum absolute atomic E-state index is 0.116. The van der Waals surface area contributed by atoms with Crippen molar-refractivity contribution in [2.45, 2.75) is 36.6 Å². The lowest BCUT2D eigenvalue weighted by molar-refractivity contribution is 0.310. The second-order valence-corrected chi connectivity index (χ2v) is 11.2. The number of nitrogens with zero attached hydrogens (tertiary/aromatic N) is 2. The number of aromatic nitrogens is 2. The molecule has 4 aromatic rings. The summed E-state index contributed by atoms with van der Waals surface area (Å²) in [5.74, 6) is -0.890. The highest BCUT2D eigenvalue weighted by atomic mass is 35.5. The van der Waals surface area contributed by atoms with E-state index in [9.17, 15) is 13.2 Å². The number of halogens is 4. The fraction of sp³-hybridized carbons (Fsp3) is 0.267. The van der Waals surface area contributed by atoms with Crippen molar-refractivity contribution in [2.75, 3.05) is 20.3 Å². The first-order valence-electron chi connectivity index (χ1n) is 13.0. The molecule has 4 rings (SSSR count). The van der Waals surface area contributed by atoms with E-state index >= 15 is 0 Å². The van der Waals surface area contributed by atoms with Crippen LogP contribution in [0.2, 0.25) is 5.02 Å². The highest BCUT2D eigenvalue weighted by Gasteiger charge is 2.30. The largest absolute Gasteiger partial charge is 0.494 e. The van der Waals surface area contributed by atoms with Crippen LogP contribution in [-0.4, -0.2) is 35.8 Å². The Morgan fingerprint density at radius 3 is 2.48 bits per heavy atom. The number of ether oxygens (including phenoxy) is 2. The molecule has 1 heterocycles. The molecule has 0 aliphatic carbocycles. The molecular weight excluding hydrogens is 587 g/mol. The number of hydrogen-bond acceptors (Lipinski definition) is 5. The van der Waals surface area contributed by atoms with Crippen molar-refractivity contribution in [3.63, 3.8) is 0 Å². The first-order chi connectivity index (χ1) is 20.0. The van der Waals surface area contributed by atoms with Crippen LogP contribution in [0.15, 0.2) is 66.0 Å². The predicted octanol–water partition coefficient (Wildman–Crippen LogP) is 6.82. The van der Waals surface area contributed by atoms with Gasteiger partial charge in [-0.05, 0) is 60.5 Å². The number of thioether (sulfide) groups is 1. The van der Waals surface area contributed by atoms with Gasteiger partial charge in [-0.3, -0.25) is 9.98 Å². The van der Waals surface area contributed by atoms with E-state index in [1.165, 1.54) is 49.2 Å². The molecule has 0 saturated heterocycles. The topological polar surface area (TPSA) is 98.2 Å². The van der Waals surface area contributed by atoms with Crippen molar-refractivity contribution < 1.29 is 22.6 Å². The minimum Gasteiger partial charge on any atom is -0.494 e. The summed E-state index contributed by atoms with van der Waals surface area (Å²) < 4.78 is 55.8. The van der Waals surface area contributed by atoms with Crippen LogP contribution in [0.3, 0.4) is 0 Å². The Bertz CT molecular complexity index is 1560. The summed E-state index contributed by atoms with van der Waals surface area (Å²) in [5.41, 5.74) is 7.01. The Morgan fingerprint density at radius 1 is 1.07 bits per heavy atom. The molecule has 0 aliphatic rings. The zero-order chi connectivity index (χ0) is 30.4. The monoisotopic (exact) mass is 617 g/mol. The summed E-state index contributed by atoms with van der Waals surface area (Å²) in [6.07, 6.45) is 2.26. The second kappa shape index (κ2) is 13.4. The fourth-order valence-corrected chi connectivity index (χ4v) is 5.72. The fourth-order valence-electron chi connectivity index (χ4n) is 4.35. The van der Waals surface area contributed by atoms with E-state index in [1.54, 1.807) is 30.5 Å². The summed E-state index contributed by atoms with van der Waals surface area (Å²) >= 11 is 7.82. The second-order valence-electron chi connectivity index (χ2n) is 9.88. The lowest BCUT2D eigenvalue weighted by atomic mass is 9.81. The predicted molar refractivity (Wildman–Crippen MR) is 160 cm³/mol. The molecule has 0 spiro atoms. The van der Waals surface area contributed by atoms with Crippen LogP contribution in [0, 0.1) is 22.9 Å². The number of nitrogens with two attached hydrogens (primary N) is 1. The number of guanidine groups is 1. The smallest absolute Gasteiger partial charge is 0.185 e. The molecule has 0 atom stereocenters. The van der Waals surface area contributed by atoms with Crippen molar-refractivity contribution >= 4 is 29.3 Å². The van der Waals surface area contributed by atoms with Crippen LogP contribution in [0.1, 0.15) is 37.1 Å². The van der Waals surface area contributed by atoms with Gasteiger partial charge in [-0.1, -0.05) is 43.3 Å². The van der Waals surface area contributed by atoms with Crippen molar-refractivity contribution in [1.29, 1.82) is 5.41 Å². The molecule has 0 radical (unpaired) electrons. The third kappa shape index (κ3) is 6.96. The highest BCUT2D eigenvalue weighted by Crippen LogP contribution is 2.40. The Labute approximate surface area is 251 Å². The molecule has 1 aromatic heterocycles. The van der Waals surface area contributed by atoms with Gasteiger partial charge in [0.25, 0.3) is 0 Å². The molecule has 0 bridgehead atoms. The average Bonchev–Trinajstić information content (AvgIpc) is 3.39. The average molecular weight is 618 g/mol. The van der Waals surface area contributed by atoms with E-state index in [0.29, 0.717) is 36.2 Å². The third-order valence-corrected chi connectivity index (χ3v) is 8.11. The van der Waals surface area contributed by atoms with E-state index in [-0.39, 0.29) is 33.9 Å². The van der Waals surface area contributed by atoms with Crippen molar-refractivity contribution in [3.8, 4) is 17.2 Å². The quantitative estimate of drug-likeness (QED) is 0.0698. The molecule has 42 heavy (non-hydrogen) atoms. The van der Waals surface area contributed by atoms with Gasteiger partial charge in [0.2, 0.25) is 0 Å². The number of nitrogens with one attached hydrogen (secondary N) is 2. The molecule has 222 valence electrons. The SMILES string of the molecule is COc1cc(C(C)(C)c2cnc(SCc3c(F)ccc(OCCCNC(=N)N)c3Cl)n2-c2ccc(F)cc2)ccc1F. The maximum Gasteiger partial charge on any atom is 0.185 e. The molecule has 0 unspecified atom stereocenters. The van der Waals surface area contributed by atoms with Crippen molar-refractivity contribution in [2.24, 2.45) is 5.73 Å². The van der Waals surface area contributed by atoms with Crippen molar-refractivity contribution in [3.05, 3.63) is 100 Å². The molecule has 0 aliphatic heterocycles. The number of rotatable bonds is 12. The lowest BCUT2D eigenvalue weighted by Gasteiger charge is -2.28. The Balaban J connectivity index is 1.65. The molecule has 12 heteroatoms. The summed E-state index contributed by atoms with van der Waals surface area (Å²) in [7, 11) is 1.41. The lowest BCUT2D eigenvalue weighted by Crippen LogP contribution is -2.31. The summed E-state index contributed by atoms with van der Waals surface area (Å²) in [6.45, 7) is 4.68. The van der Waals surface area contributed by atoms with Crippen LogP contribution in [-0.2, 0) is 11.2 Å². The molecule has 0 saturated carbocycles. The van der Waals surface area contributed by atoms with E-state index in [2.05, 4.69) is 10.3 Å². The van der Waals surface area contributed by atoms with E-state index in [1.807, 2.05) is 18.4 Å². The molecular formula is C30H31ClF3N5O2S. The van der Waals surface area contributed by atoms with Crippen LogP contribution in [0.5, 0.6) is 11.5 Å². The number of methoxy groups -OCH3 is 1. The summed E-state index contributed by atoms with van der Waals surface area (Å²) in [6, 6.07) is 13.4. The van der Waals surface area contributed by atoms with Crippen LogP contribution in [0.4, 0.5) is 13.2 Å². The van der Waals surface area contributed by atoms with E-state index in [4.69, 9.17) is 32.2 Å². The maximum atomic E-state index is 14.9. The zero-order valence-electron chi connectivity index (χ0n) is 23.3. The molecule has 4 N–H and O–H groups in total. The number of imidazole rings is 1. The van der Waals surface area contributed by atoms with Crippen LogP contribution < -0.4 is 20.5 Å². The first kappa shape index (κ1) is 31.1. The normalized spacial score (nSPS) is 11.4. The van der Waals surface area contributed by atoms with Crippen LogP contribution >= 0.6 is 23.4 Å². The summed E-state index contributed by atoms with van der Waals surface area (Å²) in [4.78, 5) is 4.64. The Hall–Kier alpha value is -3.83. The van der Waals surface area contributed by atoms with Gasteiger partial charge in [-0.25, -0.2) is 18.2 Å². The highest BCUT2D eigenvalue weighted by molar-refractivity contribution is 7.98. The van der Waals surface area contributed by atoms with Gasteiger partial charge in [-0.15, -0.1) is 0 Å². The standard InChI is InChI=1S/C30H31ClF3N5O2S/c1-30(2,18-5-10-23(34)25(15-18)40-3)26-16-38-29(39(26)20-8-6-19(32)7-9-20)42-17-21-22(33)11-12-24(27(21)31)41-14-4-13-37-28(35)36/h5-12,15-16H,4,13-14,17H2,1-3H3,(H4,35,36,37). The van der Waals surface area contributed by atoms with Gasteiger partial charge in [0, 0.05) is 29.0 Å². The van der Waals surface area contributed by atoms with Gasteiger partial charge in [-0.2, -0.15) is 0 Å². The number of benzene rings is 3. The van der Waals surface area contributed by atoms with Gasteiger partial charge in [0.15, 0.2) is 22.7 Å². The Morgan fingerprint density at radius 2 is 1.79 bits per heavy atom. The first-order valence-corrected chi connectivity index (χ1v) is 14.4. The van der Waals surface area contributed by atoms with E-state index < -0.39 is 17.0 Å². The summed E-state index contributed by atoms with van der Waals surface area (Å²) in [5, 5.41) is 10.6. The molecule has 0 amide bonds. The molecule has 0 fully saturated rings. The van der Waals surface area contributed by atoms with Gasteiger partial charge >= 0.3 is 0 Å². The van der Waals surface area contributed by atoms with Gasteiger partial charge in [0.05, 0.1) is 30.6 Å². The van der Waals surface area contributed by atoms with Gasteiger partial charge < -0.3 is 20.5 Å². The molecule has 3 aromatic carbocycles. The third-order valence-electron chi connectivity index (χ3n) is 6.72. The van der Waals surface area contributed by atoms with Gasteiger partial charge in [0.1, 0.15) is 17.4 Å². The van der Waals surface area contributed by atoms with E-state index in [0.717, 1.165) is 11.3 Å². The maximum absolute atomic E-state index is 14.9.